The van der Waals surface area contributed by atoms with Crippen LogP contribution in [-0.4, -0.2) is 15.6 Å². The molecule has 1 unspecified atom stereocenters. The summed E-state index contributed by atoms with van der Waals surface area (Å²) in [6, 6.07) is 6.28. The van der Waals surface area contributed by atoms with Crippen LogP contribution < -0.4 is 0 Å². The molecular formula is C21H24FN3O. The van der Waals surface area contributed by atoms with Crippen LogP contribution in [0.2, 0.25) is 0 Å². The summed E-state index contributed by atoms with van der Waals surface area (Å²) >= 11 is 0. The minimum absolute atomic E-state index is 0.00402. The topological polar surface area (TPSA) is 58.7 Å². The van der Waals surface area contributed by atoms with Crippen molar-refractivity contribution in [1.82, 2.24) is 9.78 Å². The van der Waals surface area contributed by atoms with Gasteiger partial charge in [-0.2, -0.15) is 10.4 Å². The van der Waals surface area contributed by atoms with Crippen LogP contribution in [0.5, 0.6) is 0 Å². The first-order valence-corrected chi connectivity index (χ1v) is 9.06. The molecule has 0 spiro atoms. The number of nitriles is 1. The Bertz CT molecular complexity index is 907. The number of benzene rings is 1. The number of hydrogen-bond donors (Lipinski definition) is 0. The lowest BCUT2D eigenvalue weighted by atomic mass is 9.70. The molecule has 1 aliphatic carbocycles. The van der Waals surface area contributed by atoms with E-state index in [4.69, 9.17) is 5.26 Å². The quantitative estimate of drug-likeness (QED) is 0.796. The smallest absolute Gasteiger partial charge is 0.167 e. The Hall–Kier alpha value is -2.48. The van der Waals surface area contributed by atoms with Gasteiger partial charge in [0, 0.05) is 12.5 Å². The van der Waals surface area contributed by atoms with Crippen molar-refractivity contribution in [3.05, 3.63) is 46.5 Å². The number of fused-ring (bicyclic) bond motifs is 1. The molecule has 136 valence electrons. The van der Waals surface area contributed by atoms with Crippen LogP contribution in [0, 0.1) is 35.4 Å². The SMILES string of the molecule is Cc1nn(-c2ccc(C#N)c(F)c2)c2c1C(=O)CC(C)(CCC(C)C)C2. The highest BCUT2D eigenvalue weighted by Crippen LogP contribution is 2.41. The standard InChI is InChI=1S/C21H24FN3O/c1-13(2)7-8-21(4)10-18-20(19(26)11-21)14(3)24-25(18)16-6-5-15(12-23)17(22)9-16/h5-6,9,13H,7-8,10-11H2,1-4H3. The normalized spacial score (nSPS) is 19.5. The molecule has 0 amide bonds. The van der Waals surface area contributed by atoms with Crippen LogP contribution in [0.3, 0.4) is 0 Å². The average molecular weight is 353 g/mol. The van der Waals surface area contributed by atoms with Gasteiger partial charge in [0.1, 0.15) is 11.9 Å². The molecule has 0 aliphatic heterocycles. The Labute approximate surface area is 153 Å². The molecule has 5 heteroatoms. The molecule has 4 nitrogen and oxygen atoms in total. The molecule has 1 atom stereocenters. The molecule has 0 bridgehead atoms. The van der Waals surface area contributed by atoms with Gasteiger partial charge in [-0.15, -0.1) is 0 Å². The Kier molecular flexibility index (Phi) is 4.70. The molecule has 1 aromatic heterocycles. The van der Waals surface area contributed by atoms with Crippen molar-refractivity contribution >= 4 is 5.78 Å². The number of carbonyl (C=O) groups excluding carboxylic acids is 1. The van der Waals surface area contributed by atoms with Crippen molar-refractivity contribution in [2.24, 2.45) is 11.3 Å². The maximum Gasteiger partial charge on any atom is 0.167 e. The van der Waals surface area contributed by atoms with Crippen LogP contribution in [-0.2, 0) is 6.42 Å². The molecular weight excluding hydrogens is 329 g/mol. The van der Waals surface area contributed by atoms with Gasteiger partial charge in [-0.3, -0.25) is 4.79 Å². The van der Waals surface area contributed by atoms with Crippen LogP contribution in [0.15, 0.2) is 18.2 Å². The van der Waals surface area contributed by atoms with E-state index in [0.29, 0.717) is 29.3 Å². The Morgan fingerprint density at radius 1 is 1.38 bits per heavy atom. The molecule has 0 radical (unpaired) electrons. The number of carbonyl (C=O) groups is 1. The molecule has 0 saturated carbocycles. The maximum atomic E-state index is 14.1. The van der Waals surface area contributed by atoms with E-state index in [0.717, 1.165) is 25.0 Å². The molecule has 1 heterocycles. The summed E-state index contributed by atoms with van der Waals surface area (Å²) in [5.74, 6) is 0.134. The zero-order chi connectivity index (χ0) is 19.1. The largest absolute Gasteiger partial charge is 0.294 e. The van der Waals surface area contributed by atoms with Gasteiger partial charge in [-0.05, 0) is 43.2 Å². The number of ketones is 1. The van der Waals surface area contributed by atoms with E-state index in [2.05, 4.69) is 25.9 Å². The van der Waals surface area contributed by atoms with Crippen LogP contribution in [0.1, 0.15) is 67.3 Å². The molecule has 0 N–H and O–H groups in total. The minimum Gasteiger partial charge on any atom is -0.294 e. The van der Waals surface area contributed by atoms with Gasteiger partial charge in [0.15, 0.2) is 5.78 Å². The van der Waals surface area contributed by atoms with Crippen LogP contribution in [0.4, 0.5) is 4.39 Å². The van der Waals surface area contributed by atoms with Gasteiger partial charge >= 0.3 is 0 Å². The van der Waals surface area contributed by atoms with E-state index in [1.54, 1.807) is 10.7 Å². The van der Waals surface area contributed by atoms with Crippen LogP contribution in [0.25, 0.3) is 5.69 Å². The lowest BCUT2D eigenvalue weighted by Crippen LogP contribution is -2.31. The van der Waals surface area contributed by atoms with Gasteiger partial charge in [-0.1, -0.05) is 27.2 Å². The molecule has 3 rings (SSSR count). The summed E-state index contributed by atoms with van der Waals surface area (Å²) in [5.41, 5.74) is 2.66. The Morgan fingerprint density at radius 2 is 2.12 bits per heavy atom. The second-order valence-corrected chi connectivity index (χ2v) is 8.11. The summed E-state index contributed by atoms with van der Waals surface area (Å²) in [4.78, 5) is 12.8. The number of nitrogens with zero attached hydrogens (tertiary/aromatic N) is 3. The molecule has 1 aliphatic rings. The van der Waals surface area contributed by atoms with Crippen molar-refractivity contribution in [2.75, 3.05) is 0 Å². The van der Waals surface area contributed by atoms with E-state index >= 15 is 0 Å². The highest BCUT2D eigenvalue weighted by Gasteiger charge is 2.38. The monoisotopic (exact) mass is 353 g/mol. The third-order valence-corrected chi connectivity index (χ3v) is 5.26. The number of hydrogen-bond acceptors (Lipinski definition) is 3. The third kappa shape index (κ3) is 3.29. The minimum atomic E-state index is -0.573. The first kappa shape index (κ1) is 18.3. The van der Waals surface area contributed by atoms with E-state index in [1.165, 1.54) is 12.1 Å². The van der Waals surface area contributed by atoms with Gasteiger partial charge < -0.3 is 0 Å². The summed E-state index contributed by atoms with van der Waals surface area (Å²) < 4.78 is 15.8. The summed E-state index contributed by atoms with van der Waals surface area (Å²) in [5, 5.41) is 13.4. The van der Waals surface area contributed by atoms with E-state index < -0.39 is 5.82 Å². The van der Waals surface area contributed by atoms with Crippen molar-refractivity contribution in [1.29, 1.82) is 5.26 Å². The zero-order valence-corrected chi connectivity index (χ0v) is 15.8. The zero-order valence-electron chi connectivity index (χ0n) is 15.8. The molecule has 1 aromatic carbocycles. The predicted octanol–water partition coefficient (Wildman–Crippen LogP) is 4.76. The fourth-order valence-electron chi connectivity index (χ4n) is 3.80. The van der Waals surface area contributed by atoms with E-state index in [1.807, 2.05) is 13.0 Å². The fourth-order valence-corrected chi connectivity index (χ4v) is 3.80. The average Bonchev–Trinajstić information content (AvgIpc) is 2.89. The lowest BCUT2D eigenvalue weighted by Gasteiger charge is -2.34. The van der Waals surface area contributed by atoms with Crippen molar-refractivity contribution in [2.45, 2.75) is 53.4 Å². The number of aryl methyl sites for hydroxylation is 1. The molecule has 0 fully saturated rings. The molecule has 2 aromatic rings. The molecule has 26 heavy (non-hydrogen) atoms. The first-order valence-electron chi connectivity index (χ1n) is 9.06. The maximum absolute atomic E-state index is 14.1. The van der Waals surface area contributed by atoms with Gasteiger partial charge in [-0.25, -0.2) is 9.07 Å². The van der Waals surface area contributed by atoms with Crippen LogP contribution >= 0.6 is 0 Å². The van der Waals surface area contributed by atoms with Gasteiger partial charge in [0.05, 0.1) is 28.2 Å². The lowest BCUT2D eigenvalue weighted by molar-refractivity contribution is 0.0882. The summed E-state index contributed by atoms with van der Waals surface area (Å²) in [6.45, 7) is 8.35. The number of aromatic nitrogens is 2. The Balaban J connectivity index is 2.04. The summed E-state index contributed by atoms with van der Waals surface area (Å²) in [7, 11) is 0. The number of Topliss-reactive ketones (excluding diaryl/α,β-unsaturated/α-hetero) is 1. The van der Waals surface area contributed by atoms with Crippen molar-refractivity contribution < 1.29 is 9.18 Å². The highest BCUT2D eigenvalue weighted by atomic mass is 19.1. The number of rotatable bonds is 4. The fraction of sp³-hybridized carbons (Fsp3) is 0.476. The first-order chi connectivity index (χ1) is 12.2. The summed E-state index contributed by atoms with van der Waals surface area (Å²) in [6.07, 6.45) is 3.31. The van der Waals surface area contributed by atoms with Crippen molar-refractivity contribution in [3.63, 3.8) is 0 Å². The van der Waals surface area contributed by atoms with Crippen molar-refractivity contribution in [3.8, 4) is 11.8 Å². The number of halogens is 1. The second-order valence-electron chi connectivity index (χ2n) is 8.11. The Morgan fingerprint density at radius 3 is 2.73 bits per heavy atom. The van der Waals surface area contributed by atoms with E-state index in [-0.39, 0.29) is 16.8 Å². The molecule has 0 saturated heterocycles. The van der Waals surface area contributed by atoms with Gasteiger partial charge in [0.2, 0.25) is 0 Å². The second kappa shape index (κ2) is 6.68. The predicted molar refractivity (Wildman–Crippen MR) is 97.8 cm³/mol. The third-order valence-electron chi connectivity index (χ3n) is 5.26. The van der Waals surface area contributed by atoms with E-state index in [9.17, 15) is 9.18 Å². The highest BCUT2D eigenvalue weighted by molar-refractivity contribution is 5.99. The van der Waals surface area contributed by atoms with Gasteiger partial charge in [0.25, 0.3) is 0 Å².